The van der Waals surface area contributed by atoms with Crippen molar-refractivity contribution in [2.45, 2.75) is 38.9 Å². The number of carbonyl (C=O) groups excluding carboxylic acids is 1. The number of nitriles is 3. The second-order valence-corrected chi connectivity index (χ2v) is 7.28. The van der Waals surface area contributed by atoms with Gasteiger partial charge in [-0.2, -0.15) is 15.8 Å². The summed E-state index contributed by atoms with van der Waals surface area (Å²) in [6, 6.07) is 8.93. The molecule has 1 saturated heterocycles. The largest absolute Gasteiger partial charge is 0.486 e. The van der Waals surface area contributed by atoms with Gasteiger partial charge >= 0.3 is 6.09 Å². The molecule has 0 spiro atoms. The van der Waals surface area contributed by atoms with E-state index in [9.17, 15) is 14.4 Å². The fourth-order valence-corrected chi connectivity index (χ4v) is 2.63. The smallest absolute Gasteiger partial charge is 0.410 e. The standard InChI is InChI=1S/C20H20FN5O3/c1-20(2,3)29-19(27)26-8-7-14(12-26)28-17-6-4-5-15(21)18(17)25-16(11-24)13(9-22)10-23/h4-6,14,25H,7-8,12H2,1-3H3. The SMILES string of the molecule is CC(C)(C)OC(=O)N1CCC(Oc2cccc(F)c2NC(C#N)=C(C#N)C#N)C1. The van der Waals surface area contributed by atoms with Crippen molar-refractivity contribution in [1.82, 2.24) is 4.90 Å². The number of amides is 1. The van der Waals surface area contributed by atoms with Gasteiger partial charge in [0, 0.05) is 13.0 Å². The Balaban J connectivity index is 2.18. The maximum atomic E-state index is 14.4. The molecule has 1 amide bonds. The highest BCUT2D eigenvalue weighted by molar-refractivity contribution is 5.68. The molecular formula is C20H20FN5O3. The lowest BCUT2D eigenvalue weighted by molar-refractivity contribution is 0.0276. The number of benzene rings is 1. The van der Waals surface area contributed by atoms with Gasteiger partial charge in [0.15, 0.2) is 5.57 Å². The molecule has 1 aliphatic rings. The highest BCUT2D eigenvalue weighted by Gasteiger charge is 2.31. The molecule has 0 bridgehead atoms. The third-order valence-corrected chi connectivity index (χ3v) is 3.90. The Morgan fingerprint density at radius 2 is 1.93 bits per heavy atom. The molecule has 1 aromatic carbocycles. The first kappa shape index (κ1) is 21.5. The summed E-state index contributed by atoms with van der Waals surface area (Å²) in [7, 11) is 0. The van der Waals surface area contributed by atoms with E-state index in [0.29, 0.717) is 13.0 Å². The molecule has 150 valence electrons. The van der Waals surface area contributed by atoms with Crippen molar-refractivity contribution in [2.24, 2.45) is 0 Å². The predicted molar refractivity (Wildman–Crippen MR) is 101 cm³/mol. The van der Waals surface area contributed by atoms with Gasteiger partial charge in [-0.1, -0.05) is 6.07 Å². The van der Waals surface area contributed by atoms with Crippen molar-refractivity contribution in [3.63, 3.8) is 0 Å². The van der Waals surface area contributed by atoms with Gasteiger partial charge in [0.25, 0.3) is 0 Å². The molecule has 1 aliphatic heterocycles. The topological polar surface area (TPSA) is 122 Å². The second kappa shape index (κ2) is 8.95. The average Bonchev–Trinajstić information content (AvgIpc) is 3.11. The summed E-state index contributed by atoms with van der Waals surface area (Å²) in [5, 5.41) is 29.5. The summed E-state index contributed by atoms with van der Waals surface area (Å²) in [5.74, 6) is -0.614. The number of halogens is 1. The Morgan fingerprint density at radius 3 is 2.52 bits per heavy atom. The molecule has 9 heteroatoms. The van der Waals surface area contributed by atoms with Crippen LogP contribution >= 0.6 is 0 Å². The summed E-state index contributed by atoms with van der Waals surface area (Å²) in [6.07, 6.45) is -0.355. The van der Waals surface area contributed by atoms with Gasteiger partial charge < -0.3 is 19.7 Å². The zero-order valence-electron chi connectivity index (χ0n) is 16.3. The lowest BCUT2D eigenvalue weighted by Crippen LogP contribution is -2.36. The number of rotatable bonds is 4. The Bertz CT molecular complexity index is 931. The van der Waals surface area contributed by atoms with Crippen molar-refractivity contribution in [3.05, 3.63) is 35.3 Å². The first-order valence-electron chi connectivity index (χ1n) is 8.83. The van der Waals surface area contributed by atoms with Crippen LogP contribution in [-0.4, -0.2) is 35.8 Å². The summed E-state index contributed by atoms with van der Waals surface area (Å²) in [4.78, 5) is 13.7. The number of hydrogen-bond acceptors (Lipinski definition) is 7. The minimum atomic E-state index is -0.715. The molecule has 0 saturated carbocycles. The quantitative estimate of drug-likeness (QED) is 0.772. The summed E-state index contributed by atoms with van der Waals surface area (Å²) < 4.78 is 25.5. The number of carbonyl (C=O) groups is 1. The monoisotopic (exact) mass is 397 g/mol. The number of ether oxygens (including phenoxy) is 2. The van der Waals surface area contributed by atoms with E-state index < -0.39 is 29.2 Å². The first-order valence-corrected chi connectivity index (χ1v) is 8.83. The van der Waals surface area contributed by atoms with E-state index in [-0.39, 0.29) is 23.7 Å². The Morgan fingerprint density at radius 1 is 1.24 bits per heavy atom. The van der Waals surface area contributed by atoms with Crippen LogP contribution in [0.15, 0.2) is 29.5 Å². The van der Waals surface area contributed by atoms with Crippen LogP contribution in [0.2, 0.25) is 0 Å². The summed E-state index contributed by atoms with van der Waals surface area (Å²) in [6.45, 7) is 6.01. The Labute approximate surface area is 168 Å². The van der Waals surface area contributed by atoms with E-state index >= 15 is 0 Å². The van der Waals surface area contributed by atoms with Crippen LogP contribution < -0.4 is 10.1 Å². The molecule has 29 heavy (non-hydrogen) atoms. The van der Waals surface area contributed by atoms with E-state index in [2.05, 4.69) is 5.32 Å². The molecule has 1 aromatic rings. The molecule has 8 nitrogen and oxygen atoms in total. The molecule has 1 atom stereocenters. The van der Waals surface area contributed by atoms with Crippen LogP contribution in [0.25, 0.3) is 0 Å². The Hall–Kier alpha value is -3.77. The van der Waals surface area contributed by atoms with E-state index in [1.165, 1.54) is 17.0 Å². The van der Waals surface area contributed by atoms with Gasteiger partial charge in [-0.3, -0.25) is 0 Å². The molecule has 0 aromatic heterocycles. The fourth-order valence-electron chi connectivity index (χ4n) is 2.63. The van der Waals surface area contributed by atoms with Crippen LogP contribution in [0.1, 0.15) is 27.2 Å². The van der Waals surface area contributed by atoms with Crippen molar-refractivity contribution in [1.29, 1.82) is 15.8 Å². The van der Waals surface area contributed by atoms with Gasteiger partial charge in [0.2, 0.25) is 0 Å². The van der Waals surface area contributed by atoms with Gasteiger partial charge in [-0.05, 0) is 32.9 Å². The summed E-state index contributed by atoms with van der Waals surface area (Å²) >= 11 is 0. The zero-order chi connectivity index (χ0) is 21.6. The van der Waals surface area contributed by atoms with Gasteiger partial charge in [-0.25, -0.2) is 9.18 Å². The van der Waals surface area contributed by atoms with Crippen LogP contribution in [0.4, 0.5) is 14.9 Å². The molecule has 0 radical (unpaired) electrons. The molecule has 1 N–H and O–H groups in total. The zero-order valence-corrected chi connectivity index (χ0v) is 16.3. The summed E-state index contributed by atoms with van der Waals surface area (Å²) in [5.41, 5.74) is -1.64. The highest BCUT2D eigenvalue weighted by Crippen LogP contribution is 2.31. The molecule has 0 aliphatic carbocycles. The van der Waals surface area contributed by atoms with Crippen LogP contribution in [0.3, 0.4) is 0 Å². The van der Waals surface area contributed by atoms with E-state index in [0.717, 1.165) is 6.07 Å². The second-order valence-electron chi connectivity index (χ2n) is 7.28. The first-order chi connectivity index (χ1) is 13.7. The number of nitrogens with zero attached hydrogens (tertiary/aromatic N) is 4. The van der Waals surface area contributed by atoms with Gasteiger partial charge in [0.05, 0.1) is 6.54 Å². The van der Waals surface area contributed by atoms with Crippen molar-refractivity contribution in [3.8, 4) is 24.0 Å². The number of likely N-dealkylation sites (tertiary alicyclic amines) is 1. The van der Waals surface area contributed by atoms with Crippen molar-refractivity contribution >= 4 is 11.8 Å². The normalized spacial score (nSPS) is 15.5. The molecule has 1 unspecified atom stereocenters. The molecule has 2 rings (SSSR count). The van der Waals surface area contributed by atoms with E-state index in [4.69, 9.17) is 20.0 Å². The maximum absolute atomic E-state index is 14.4. The molecule has 1 fully saturated rings. The van der Waals surface area contributed by atoms with Gasteiger partial charge in [0.1, 0.15) is 52.9 Å². The van der Waals surface area contributed by atoms with Crippen LogP contribution in [-0.2, 0) is 4.74 Å². The average molecular weight is 397 g/mol. The van der Waals surface area contributed by atoms with E-state index in [1.54, 1.807) is 39.0 Å². The van der Waals surface area contributed by atoms with E-state index in [1.807, 2.05) is 0 Å². The highest BCUT2D eigenvalue weighted by atomic mass is 19.1. The van der Waals surface area contributed by atoms with Crippen molar-refractivity contribution < 1.29 is 18.7 Å². The maximum Gasteiger partial charge on any atom is 0.410 e. The van der Waals surface area contributed by atoms with Crippen LogP contribution in [0, 0.1) is 39.8 Å². The van der Waals surface area contributed by atoms with Crippen molar-refractivity contribution in [2.75, 3.05) is 18.4 Å². The number of nitrogens with one attached hydrogen (secondary N) is 1. The molecule has 1 heterocycles. The minimum absolute atomic E-state index is 0.101. The minimum Gasteiger partial charge on any atom is -0.486 e. The lowest BCUT2D eigenvalue weighted by atomic mass is 10.2. The molecular weight excluding hydrogens is 377 g/mol. The third-order valence-electron chi connectivity index (χ3n) is 3.90. The number of anilines is 1. The number of para-hydroxylation sites is 1. The third kappa shape index (κ3) is 5.60. The number of allylic oxidation sites excluding steroid dienone is 2. The predicted octanol–water partition coefficient (Wildman–Crippen LogP) is 3.45. The number of hydrogen-bond donors (Lipinski definition) is 1. The van der Waals surface area contributed by atoms with Crippen LogP contribution in [0.5, 0.6) is 5.75 Å². The Kier molecular flexibility index (Phi) is 6.64. The lowest BCUT2D eigenvalue weighted by Gasteiger charge is -2.24. The van der Waals surface area contributed by atoms with Gasteiger partial charge in [-0.15, -0.1) is 0 Å². The fraction of sp³-hybridized carbons (Fsp3) is 0.400.